The Balaban J connectivity index is 1.39. The van der Waals surface area contributed by atoms with Gasteiger partial charge in [-0.15, -0.1) is 11.3 Å². The van der Waals surface area contributed by atoms with E-state index >= 15 is 0 Å². The van der Waals surface area contributed by atoms with E-state index in [-0.39, 0.29) is 17.3 Å². The van der Waals surface area contributed by atoms with E-state index in [0.29, 0.717) is 25.8 Å². The average molecular weight is 426 g/mol. The normalized spacial score (nSPS) is 15.6. The van der Waals surface area contributed by atoms with Gasteiger partial charge in [0.2, 0.25) is 15.9 Å². The van der Waals surface area contributed by atoms with E-state index in [4.69, 9.17) is 0 Å². The number of nitrogens with one attached hydrogen (secondary N) is 1. The van der Waals surface area contributed by atoms with E-state index < -0.39 is 10.0 Å². The van der Waals surface area contributed by atoms with Crippen LogP contribution in [0.4, 0.5) is 5.69 Å². The Kier molecular flexibility index (Phi) is 4.49. The molecule has 0 spiro atoms. The SMILES string of the molecule is O=C1CCc2cc(S(=O)(=O)NCc3ccnc(-c4cccs4)c3)cc3c2N1CC3. The standard InChI is InChI=1S/C21H19N3O3S2/c25-20-4-3-15-11-17(12-16-6-8-24(20)21(15)16)29(26,27)23-13-14-5-7-22-18(10-14)19-2-1-9-28-19/h1-2,5,7,9-12,23H,3-4,6,8,13H2. The maximum Gasteiger partial charge on any atom is 0.240 e. The van der Waals surface area contributed by atoms with Crippen LogP contribution in [-0.4, -0.2) is 25.9 Å². The molecule has 0 aliphatic carbocycles. The first-order valence-electron chi connectivity index (χ1n) is 9.46. The molecule has 148 valence electrons. The molecule has 0 bridgehead atoms. The molecule has 8 heteroatoms. The first-order chi connectivity index (χ1) is 14.0. The summed E-state index contributed by atoms with van der Waals surface area (Å²) < 4.78 is 28.6. The number of carbonyl (C=O) groups is 1. The number of carbonyl (C=O) groups excluding carboxylic acids is 1. The fraction of sp³-hybridized carbons (Fsp3) is 0.238. The molecule has 1 aromatic carbocycles. The molecule has 0 fully saturated rings. The minimum atomic E-state index is -3.66. The second-order valence-corrected chi connectivity index (χ2v) is 9.95. The summed E-state index contributed by atoms with van der Waals surface area (Å²) in [6.07, 6.45) is 3.43. The molecule has 0 radical (unpaired) electrons. The number of aromatic nitrogens is 1. The molecular weight excluding hydrogens is 406 g/mol. The Morgan fingerprint density at radius 1 is 1.10 bits per heavy atom. The Bertz CT molecular complexity index is 1200. The Morgan fingerprint density at radius 3 is 2.72 bits per heavy atom. The highest BCUT2D eigenvalue weighted by molar-refractivity contribution is 7.89. The summed E-state index contributed by atoms with van der Waals surface area (Å²) in [6.45, 7) is 0.834. The predicted octanol–water partition coefficient (Wildman–Crippen LogP) is 3.12. The summed E-state index contributed by atoms with van der Waals surface area (Å²) in [5.41, 5.74) is 4.51. The van der Waals surface area contributed by atoms with Crippen molar-refractivity contribution in [3.63, 3.8) is 0 Å². The van der Waals surface area contributed by atoms with Crippen LogP contribution in [0.2, 0.25) is 0 Å². The maximum atomic E-state index is 12.9. The smallest absolute Gasteiger partial charge is 0.240 e. The third kappa shape index (κ3) is 3.37. The summed E-state index contributed by atoms with van der Waals surface area (Å²) in [5, 5.41) is 1.99. The number of hydrogen-bond donors (Lipinski definition) is 1. The highest BCUT2D eigenvalue weighted by atomic mass is 32.2. The topological polar surface area (TPSA) is 79.4 Å². The van der Waals surface area contributed by atoms with E-state index in [1.807, 2.05) is 29.6 Å². The highest BCUT2D eigenvalue weighted by Crippen LogP contribution is 2.38. The molecule has 2 aliphatic rings. The van der Waals surface area contributed by atoms with Crippen molar-refractivity contribution in [2.45, 2.75) is 30.7 Å². The quantitative estimate of drug-likeness (QED) is 0.681. The van der Waals surface area contributed by atoms with Crippen molar-refractivity contribution in [2.75, 3.05) is 11.4 Å². The molecule has 29 heavy (non-hydrogen) atoms. The molecule has 1 amide bonds. The van der Waals surface area contributed by atoms with Gasteiger partial charge < -0.3 is 4.90 Å². The number of benzene rings is 1. The van der Waals surface area contributed by atoms with Gasteiger partial charge in [0.05, 0.1) is 21.2 Å². The zero-order valence-corrected chi connectivity index (χ0v) is 17.2. The number of pyridine rings is 1. The van der Waals surface area contributed by atoms with Crippen molar-refractivity contribution >= 4 is 33.0 Å². The van der Waals surface area contributed by atoms with Gasteiger partial charge in [0.15, 0.2) is 0 Å². The Labute approximate surface area is 173 Å². The lowest BCUT2D eigenvalue weighted by molar-refractivity contribution is -0.118. The minimum Gasteiger partial charge on any atom is -0.312 e. The van der Waals surface area contributed by atoms with Gasteiger partial charge in [-0.3, -0.25) is 9.78 Å². The maximum absolute atomic E-state index is 12.9. The number of sulfonamides is 1. The van der Waals surface area contributed by atoms with E-state index in [1.165, 1.54) is 0 Å². The van der Waals surface area contributed by atoms with Gasteiger partial charge in [0.25, 0.3) is 0 Å². The van der Waals surface area contributed by atoms with Crippen LogP contribution < -0.4 is 9.62 Å². The molecule has 0 saturated carbocycles. The van der Waals surface area contributed by atoms with Crippen LogP contribution in [-0.2, 0) is 34.2 Å². The number of nitrogens with zero attached hydrogens (tertiary/aromatic N) is 2. The molecule has 5 rings (SSSR count). The number of rotatable bonds is 5. The fourth-order valence-corrected chi connectivity index (χ4v) is 5.80. The summed E-state index contributed by atoms with van der Waals surface area (Å²) in [5.74, 6) is 0.129. The second-order valence-electron chi connectivity index (χ2n) is 7.24. The first kappa shape index (κ1) is 18.5. The lowest BCUT2D eigenvalue weighted by Crippen LogP contribution is -2.33. The van der Waals surface area contributed by atoms with Crippen molar-refractivity contribution in [3.8, 4) is 10.6 Å². The van der Waals surface area contributed by atoms with Crippen molar-refractivity contribution in [1.29, 1.82) is 0 Å². The van der Waals surface area contributed by atoms with Gasteiger partial charge in [-0.1, -0.05) is 6.07 Å². The molecule has 2 aromatic heterocycles. The number of thiophene rings is 1. The van der Waals surface area contributed by atoms with Crippen LogP contribution in [0, 0.1) is 0 Å². The largest absolute Gasteiger partial charge is 0.312 e. The predicted molar refractivity (Wildman–Crippen MR) is 112 cm³/mol. The molecular formula is C21H19N3O3S2. The summed E-state index contributed by atoms with van der Waals surface area (Å²) in [4.78, 5) is 19.5. The zero-order valence-electron chi connectivity index (χ0n) is 15.6. The van der Waals surface area contributed by atoms with Crippen LogP contribution in [0.1, 0.15) is 23.1 Å². The van der Waals surface area contributed by atoms with E-state index in [1.54, 1.807) is 34.6 Å². The zero-order chi connectivity index (χ0) is 20.0. The van der Waals surface area contributed by atoms with Crippen LogP contribution in [0.5, 0.6) is 0 Å². The lowest BCUT2D eigenvalue weighted by Gasteiger charge is -2.25. The summed E-state index contributed by atoms with van der Waals surface area (Å²) >= 11 is 1.60. The highest BCUT2D eigenvalue weighted by Gasteiger charge is 2.32. The number of hydrogen-bond acceptors (Lipinski definition) is 5. The van der Waals surface area contributed by atoms with Crippen LogP contribution in [0.25, 0.3) is 10.6 Å². The van der Waals surface area contributed by atoms with Crippen LogP contribution in [0.15, 0.2) is 52.9 Å². The average Bonchev–Trinajstić information content (AvgIpc) is 3.40. The third-order valence-electron chi connectivity index (χ3n) is 5.40. The number of aryl methyl sites for hydroxylation is 1. The third-order valence-corrected chi connectivity index (χ3v) is 7.67. The van der Waals surface area contributed by atoms with Crippen molar-refractivity contribution in [3.05, 3.63) is 64.7 Å². The Morgan fingerprint density at radius 2 is 1.93 bits per heavy atom. The summed E-state index contributed by atoms with van der Waals surface area (Å²) in [7, 11) is -3.66. The van der Waals surface area contributed by atoms with E-state index in [0.717, 1.165) is 32.9 Å². The monoisotopic (exact) mass is 425 g/mol. The van der Waals surface area contributed by atoms with Gasteiger partial charge in [-0.2, -0.15) is 0 Å². The van der Waals surface area contributed by atoms with Crippen molar-refractivity contribution in [2.24, 2.45) is 0 Å². The molecule has 6 nitrogen and oxygen atoms in total. The molecule has 0 unspecified atom stereocenters. The van der Waals surface area contributed by atoms with E-state index in [9.17, 15) is 13.2 Å². The molecule has 4 heterocycles. The van der Waals surface area contributed by atoms with E-state index in [2.05, 4.69) is 9.71 Å². The van der Waals surface area contributed by atoms with Gasteiger partial charge in [-0.25, -0.2) is 13.1 Å². The van der Waals surface area contributed by atoms with Gasteiger partial charge in [-0.05, 0) is 65.2 Å². The van der Waals surface area contributed by atoms with Gasteiger partial charge in [0.1, 0.15) is 0 Å². The summed E-state index contributed by atoms with van der Waals surface area (Å²) in [6, 6.07) is 11.1. The van der Waals surface area contributed by atoms with Gasteiger partial charge in [0, 0.05) is 25.7 Å². The van der Waals surface area contributed by atoms with Crippen molar-refractivity contribution in [1.82, 2.24) is 9.71 Å². The number of anilines is 1. The lowest BCUT2D eigenvalue weighted by atomic mass is 10.00. The van der Waals surface area contributed by atoms with Crippen LogP contribution in [0.3, 0.4) is 0 Å². The molecule has 2 aliphatic heterocycles. The Hall–Kier alpha value is -2.55. The fourth-order valence-electron chi connectivity index (χ4n) is 3.99. The second kappa shape index (κ2) is 7.05. The molecule has 0 atom stereocenters. The first-order valence-corrected chi connectivity index (χ1v) is 11.8. The van der Waals surface area contributed by atoms with Gasteiger partial charge >= 0.3 is 0 Å². The van der Waals surface area contributed by atoms with Crippen molar-refractivity contribution < 1.29 is 13.2 Å². The molecule has 1 N–H and O–H groups in total. The van der Waals surface area contributed by atoms with Crippen LogP contribution >= 0.6 is 11.3 Å². The minimum absolute atomic E-state index is 0.129. The number of amides is 1. The molecule has 3 aromatic rings. The molecule has 0 saturated heterocycles.